The lowest BCUT2D eigenvalue weighted by molar-refractivity contribution is -0.459. The van der Waals surface area contributed by atoms with Crippen LogP contribution in [-0.4, -0.2) is 194 Å². The van der Waals surface area contributed by atoms with Gasteiger partial charge in [-0.05, 0) is 105 Å². The number of aromatic hydroxyl groups is 2. The van der Waals surface area contributed by atoms with E-state index < -0.39 is 194 Å². The zero-order valence-corrected chi connectivity index (χ0v) is 55.8. The Kier molecular flexibility index (Phi) is 34.9. The molecule has 0 spiro atoms. The van der Waals surface area contributed by atoms with Gasteiger partial charge < -0.3 is 68.5 Å². The molecule has 1 aliphatic rings. The Balaban J connectivity index is 1.77. The van der Waals surface area contributed by atoms with E-state index in [-0.39, 0.29) is 105 Å². The van der Waals surface area contributed by atoms with E-state index in [2.05, 4.69) is 31.6 Å². The lowest BCUT2D eigenvalue weighted by Gasteiger charge is -2.28. The van der Waals surface area contributed by atoms with Crippen LogP contribution in [0.15, 0.2) is 48.5 Å². The highest BCUT2D eigenvalue weighted by molar-refractivity contribution is 7.98. The number of carbonyl (C=O) groups excluding carboxylic acids is 13. The number of hydrogen-bond acceptors (Lipinski definition) is 19. The molecule has 30 nitrogen and oxygen atoms in total. The maximum Gasteiger partial charge on any atom is 0.338 e. The maximum absolute atomic E-state index is 14.2. The van der Waals surface area contributed by atoms with Gasteiger partial charge in [-0.1, -0.05) is 52.0 Å². The van der Waals surface area contributed by atoms with E-state index in [1.54, 1.807) is 25.3 Å². The molecule has 1 fully saturated rings. The van der Waals surface area contributed by atoms with E-state index in [1.807, 2.05) is 13.8 Å². The van der Waals surface area contributed by atoms with Crippen LogP contribution in [0.25, 0.3) is 0 Å². The number of ketones is 5. The molecule has 0 aliphatic carbocycles. The van der Waals surface area contributed by atoms with Crippen molar-refractivity contribution in [2.45, 2.75) is 154 Å². The molecule has 96 heavy (non-hydrogen) atoms. The van der Waals surface area contributed by atoms with Gasteiger partial charge in [-0.2, -0.15) is 11.8 Å². The second-order valence-electron chi connectivity index (χ2n) is 24.9. The standard InChI is InChI=1S/C65H95N11O19S/c1-35(2)22-36(3)52(82)28-42(25-39-12-16-45(80)17-13-39)62(93)72-47(8-6-19-70-65(68)69)53(83)23-37(4)59(90)73-48(30-56(66)86)54(84)27-40(18-21-96-5)60(91)74-49(31-57(87)88)55(85)29-43(33-77)64(95)76-20-7-9-51(76)63(94)71-32-46(81)26-41(24-38-10-14-44(79)15-11-38)61(92)75-50(34-78)58(67)89/h10-17,35-37,40-43,47-51,77-80H,6-9,18-34H2,1-5H3,(H2,66,86)(H2,67,89)(H,71,94)(H,72,93)(H,73,90)(H,74,91)(H,75,92)(H,87,88)(H4,68,69,70)/p+1/t36-,37+,40+,41+,42+,43-,47-,48-,49-,50-,51-/m0/s1. The number of phenols is 2. The highest BCUT2D eigenvalue weighted by Gasteiger charge is 2.40. The number of carboxylic acid groups (broad SMARTS) is 1. The number of Topliss-reactive ketones (excluding diaryl/α,β-unsaturated/α-hetero) is 5. The summed E-state index contributed by atoms with van der Waals surface area (Å²) in [6.45, 7) is 4.78. The summed E-state index contributed by atoms with van der Waals surface area (Å²) in [4.78, 5) is 193. The smallest absolute Gasteiger partial charge is 0.338 e. The highest BCUT2D eigenvalue weighted by Crippen LogP contribution is 2.26. The first-order valence-electron chi connectivity index (χ1n) is 31.9. The fraction of sp³-hybridized carbons (Fsp3) is 0.585. The van der Waals surface area contributed by atoms with Crippen LogP contribution in [0.5, 0.6) is 11.5 Å². The van der Waals surface area contributed by atoms with Crippen LogP contribution in [0.2, 0.25) is 0 Å². The number of benzene rings is 2. The number of guanidine groups is 1. The Hall–Kier alpha value is -8.84. The van der Waals surface area contributed by atoms with Crippen molar-refractivity contribution in [3.63, 3.8) is 0 Å². The first kappa shape index (κ1) is 81.4. The summed E-state index contributed by atoms with van der Waals surface area (Å²) in [5, 5.41) is 61.9. The van der Waals surface area contributed by atoms with Crippen LogP contribution in [0.3, 0.4) is 0 Å². The number of rotatable bonds is 46. The van der Waals surface area contributed by atoms with Crippen molar-refractivity contribution in [1.29, 1.82) is 0 Å². The van der Waals surface area contributed by atoms with Gasteiger partial charge in [-0.3, -0.25) is 83.6 Å². The summed E-state index contributed by atoms with van der Waals surface area (Å²) < 4.78 is 0. The monoisotopic (exact) mass is 1370 g/mol. The molecule has 8 amide bonds. The van der Waals surface area contributed by atoms with E-state index in [0.717, 1.165) is 4.90 Å². The van der Waals surface area contributed by atoms with Crippen molar-refractivity contribution in [2.24, 2.45) is 64.4 Å². The number of phenolic OH excluding ortho intramolecular Hbond substituents is 2. The number of carboxylic acids is 1. The fourth-order valence-corrected chi connectivity index (χ4v) is 11.6. The number of aliphatic carboxylic acids is 1. The third kappa shape index (κ3) is 28.6. The topological polar surface area (TPSA) is 522 Å². The Labute approximate surface area is 561 Å². The van der Waals surface area contributed by atoms with E-state index in [0.29, 0.717) is 17.5 Å². The zero-order valence-electron chi connectivity index (χ0n) is 55.0. The average Bonchev–Trinajstić information content (AvgIpc) is 1.65. The van der Waals surface area contributed by atoms with Crippen LogP contribution in [-0.2, 0) is 80.0 Å². The number of hydrogen-bond donors (Lipinski definition) is 15. The average molecular weight is 1370 g/mol. The summed E-state index contributed by atoms with van der Waals surface area (Å²) in [5.74, 6) is -18.4. The number of amides is 8. The number of nitrogens with zero attached hydrogens (tertiary/aromatic N) is 1. The van der Waals surface area contributed by atoms with Gasteiger partial charge in [-0.15, -0.1) is 0 Å². The molecule has 0 aromatic heterocycles. The van der Waals surface area contributed by atoms with Crippen molar-refractivity contribution in [2.75, 3.05) is 44.9 Å². The first-order chi connectivity index (χ1) is 45.3. The van der Waals surface area contributed by atoms with E-state index >= 15 is 0 Å². The largest absolute Gasteiger partial charge is 0.508 e. The Morgan fingerprint density at radius 3 is 1.59 bits per heavy atom. The van der Waals surface area contributed by atoms with Crippen LogP contribution >= 0.6 is 11.8 Å². The molecule has 0 bridgehead atoms. The lowest BCUT2D eigenvalue weighted by atomic mass is 9.86. The molecule has 0 unspecified atom stereocenters. The van der Waals surface area contributed by atoms with Crippen molar-refractivity contribution >= 4 is 99.9 Å². The molecule has 11 atom stereocenters. The van der Waals surface area contributed by atoms with Gasteiger partial charge in [0.05, 0.1) is 63.2 Å². The van der Waals surface area contributed by atoms with Crippen molar-refractivity contribution < 1.29 is 97.6 Å². The fourth-order valence-electron chi connectivity index (χ4n) is 11.1. The van der Waals surface area contributed by atoms with Gasteiger partial charge in [0, 0.05) is 68.2 Å². The number of likely N-dealkylation sites (tertiary alicyclic amines) is 1. The third-order valence-corrected chi connectivity index (χ3v) is 17.0. The van der Waals surface area contributed by atoms with Gasteiger partial charge in [-0.25, -0.2) is 0 Å². The minimum absolute atomic E-state index is 0.0117. The molecule has 1 saturated heterocycles. The van der Waals surface area contributed by atoms with Crippen LogP contribution in [0.1, 0.15) is 122 Å². The number of carbonyl (C=O) groups is 14. The second-order valence-corrected chi connectivity index (χ2v) is 25.9. The van der Waals surface area contributed by atoms with Crippen LogP contribution in [0, 0.1) is 41.4 Å². The summed E-state index contributed by atoms with van der Waals surface area (Å²) >= 11 is 1.26. The molecule has 31 heteroatoms. The Morgan fingerprint density at radius 2 is 1.08 bits per heavy atom. The Bertz CT molecular complexity index is 3070. The molecular weight excluding hydrogens is 1270 g/mol. The van der Waals surface area contributed by atoms with Gasteiger partial charge in [0.1, 0.15) is 29.4 Å². The molecular formula is C65H96N11O19S+. The summed E-state index contributed by atoms with van der Waals surface area (Å²) in [6.07, 6.45) is -1.67. The third-order valence-electron chi connectivity index (χ3n) is 16.4. The van der Waals surface area contributed by atoms with Gasteiger partial charge in [0.15, 0.2) is 23.1 Å². The number of aliphatic hydroxyl groups is 2. The van der Waals surface area contributed by atoms with E-state index in [4.69, 9.17) is 22.9 Å². The first-order valence-corrected chi connectivity index (χ1v) is 33.3. The number of nitrogens with one attached hydrogen (secondary N) is 6. The van der Waals surface area contributed by atoms with Crippen molar-refractivity contribution in [3.05, 3.63) is 59.7 Å². The van der Waals surface area contributed by atoms with Gasteiger partial charge >= 0.3 is 11.9 Å². The molecule has 1 heterocycles. The number of thioether (sulfide) groups is 1. The number of primary amides is 2. The minimum Gasteiger partial charge on any atom is -0.508 e. The minimum atomic E-state index is -1.84. The SMILES string of the molecule is CSCC[C@H](CC(=O)[C@H](CC(N)=O)NC(=O)[C@H](C)CC(=O)[C@H](CCC[NH+]=C(N)N)NC(=O)[C@@H](CC(=O)[C@@H](C)CC(C)C)Cc1ccc(O)cc1)C(=O)N[C@@H](CC(=O)O)C(=O)C[C@@H](CO)C(=O)N1CCC[C@H]1C(=O)NCC(=O)C[C@@H](Cc1ccc(O)cc1)C(=O)N[C@@H](CO)C(N)=O. The quantitative estimate of drug-likeness (QED) is 0.0181. The normalized spacial score (nSPS) is 15.9. The van der Waals surface area contributed by atoms with Crippen molar-refractivity contribution in [3.8, 4) is 11.5 Å². The molecule has 19 N–H and O–H groups in total. The Morgan fingerprint density at radius 1 is 0.583 bits per heavy atom. The van der Waals surface area contributed by atoms with Crippen LogP contribution in [0.4, 0.5) is 0 Å². The summed E-state index contributed by atoms with van der Waals surface area (Å²) in [7, 11) is 0. The predicted molar refractivity (Wildman–Crippen MR) is 350 cm³/mol. The molecule has 0 saturated carbocycles. The zero-order chi connectivity index (χ0) is 71.9. The summed E-state index contributed by atoms with van der Waals surface area (Å²) in [6, 6.07) is 4.39. The lowest BCUT2D eigenvalue weighted by Crippen LogP contribution is -2.78. The van der Waals surface area contributed by atoms with E-state index in [9.17, 15) is 92.7 Å². The molecule has 2 aromatic rings. The van der Waals surface area contributed by atoms with Crippen molar-refractivity contribution in [1.82, 2.24) is 31.5 Å². The predicted octanol–water partition coefficient (Wildman–Crippen LogP) is -2.78. The molecule has 2 aromatic carbocycles. The number of aliphatic hydroxyl groups excluding tert-OH is 2. The molecule has 3 rings (SSSR count). The summed E-state index contributed by atoms with van der Waals surface area (Å²) in [5.41, 5.74) is 23.1. The molecule has 530 valence electrons. The van der Waals surface area contributed by atoms with Crippen LogP contribution < -0.4 is 54.5 Å². The van der Waals surface area contributed by atoms with Gasteiger partial charge in [0.25, 0.3) is 0 Å². The second kappa shape index (κ2) is 41.2. The molecule has 0 radical (unpaired) electrons. The highest BCUT2D eigenvalue weighted by atomic mass is 32.2. The maximum atomic E-state index is 14.2. The van der Waals surface area contributed by atoms with E-state index in [1.165, 1.54) is 55.1 Å². The number of nitrogens with two attached hydrogens (primary N) is 4. The van der Waals surface area contributed by atoms with Gasteiger partial charge in [0.2, 0.25) is 47.3 Å². The molecule has 1 aliphatic heterocycles.